The Bertz CT molecular complexity index is 746. The first-order valence-corrected chi connectivity index (χ1v) is 8.56. The number of amides is 1. The second-order valence-electron chi connectivity index (χ2n) is 5.84. The summed E-state index contributed by atoms with van der Waals surface area (Å²) in [5, 5.41) is 9.39. The van der Waals surface area contributed by atoms with Crippen LogP contribution in [-0.2, 0) is 16.0 Å². The molecule has 0 bridgehead atoms. The zero-order valence-electron chi connectivity index (χ0n) is 14.2. The van der Waals surface area contributed by atoms with Crippen LogP contribution in [0, 0.1) is 11.6 Å². The molecule has 0 fully saturated rings. The molecule has 0 unspecified atom stereocenters. The Labute approximate surface area is 204 Å². The molecule has 0 aliphatic rings. The van der Waals surface area contributed by atoms with Gasteiger partial charge in [-0.1, -0.05) is 29.8 Å². The Morgan fingerprint density at radius 3 is 2.44 bits per heavy atom. The number of halogens is 3. The van der Waals surface area contributed by atoms with Gasteiger partial charge in [-0.15, -0.1) is 0 Å². The molecule has 27 heavy (non-hydrogen) atoms. The summed E-state index contributed by atoms with van der Waals surface area (Å²) in [6.45, 7) is 2.05. The fraction of sp³-hybridized carbons (Fsp3) is 0.316. The molecular formula is C19H21ClF2KNO3. The van der Waals surface area contributed by atoms with Gasteiger partial charge < -0.3 is 4.74 Å². The predicted octanol–water partition coefficient (Wildman–Crippen LogP) is 3.60. The van der Waals surface area contributed by atoms with Gasteiger partial charge >= 0.3 is 51.4 Å². The summed E-state index contributed by atoms with van der Waals surface area (Å²) in [5.74, 6) is -2.60. The van der Waals surface area contributed by atoms with Crippen LogP contribution in [0.25, 0.3) is 0 Å². The van der Waals surface area contributed by atoms with Crippen LogP contribution in [-0.4, -0.2) is 75.2 Å². The van der Waals surface area contributed by atoms with E-state index in [9.17, 15) is 13.6 Å². The average molecular weight is 424 g/mol. The van der Waals surface area contributed by atoms with E-state index in [1.165, 1.54) is 12.1 Å². The molecule has 2 rings (SSSR count). The van der Waals surface area contributed by atoms with E-state index in [1.54, 1.807) is 36.7 Å². The molecule has 0 saturated carbocycles. The first-order chi connectivity index (χ1) is 12.4. The Hall–Kier alpha value is -0.384. The van der Waals surface area contributed by atoms with Crippen LogP contribution in [0.15, 0.2) is 42.5 Å². The molecule has 142 valence electrons. The van der Waals surface area contributed by atoms with Gasteiger partial charge in [0.15, 0.2) is 0 Å². The Balaban J connectivity index is 0.00000364. The van der Waals surface area contributed by atoms with Crippen molar-refractivity contribution in [2.24, 2.45) is 0 Å². The van der Waals surface area contributed by atoms with Gasteiger partial charge in [-0.3, -0.25) is 10.0 Å². The van der Waals surface area contributed by atoms with Crippen molar-refractivity contribution in [3.05, 3.63) is 70.2 Å². The number of carbonyl (C=O) groups is 1. The molecule has 2 atom stereocenters. The summed E-state index contributed by atoms with van der Waals surface area (Å²) in [6.07, 6.45) is -0.523. The SMILES string of the molecule is CCO[C@H](CC(=O)NO)[C@H](Cc1ccc(Cl)cc1)c1ccc(F)cc1F.[KH]. The van der Waals surface area contributed by atoms with Gasteiger partial charge in [0.1, 0.15) is 11.6 Å². The van der Waals surface area contributed by atoms with Gasteiger partial charge in [0.25, 0.3) is 0 Å². The normalized spacial score (nSPS) is 12.8. The molecule has 0 heterocycles. The number of rotatable bonds is 8. The molecule has 0 radical (unpaired) electrons. The standard InChI is InChI=1S/C19H20ClF2NO3.K.H/c1-2-26-18(11-19(24)23-25)16(9-12-3-5-13(20)6-4-12)15-8-7-14(21)10-17(15)22;;/h3-8,10,16,18,25H,2,9,11H2,1H3,(H,23,24);;/t16-,18-;;/m1../s1. The van der Waals surface area contributed by atoms with Crippen LogP contribution in [0.2, 0.25) is 5.02 Å². The molecule has 2 aromatic carbocycles. The Kier molecular flexibility index (Phi) is 11.2. The zero-order chi connectivity index (χ0) is 19.1. The first kappa shape index (κ1) is 24.7. The van der Waals surface area contributed by atoms with E-state index in [0.717, 1.165) is 11.6 Å². The van der Waals surface area contributed by atoms with E-state index in [1.807, 2.05) is 0 Å². The van der Waals surface area contributed by atoms with Gasteiger partial charge in [0.05, 0.1) is 12.5 Å². The third-order valence-corrected chi connectivity index (χ3v) is 4.32. The van der Waals surface area contributed by atoms with Gasteiger partial charge in [0.2, 0.25) is 5.91 Å². The number of hydroxylamine groups is 1. The van der Waals surface area contributed by atoms with Crippen LogP contribution in [0.5, 0.6) is 0 Å². The summed E-state index contributed by atoms with van der Waals surface area (Å²) in [6, 6.07) is 10.4. The molecule has 4 nitrogen and oxygen atoms in total. The first-order valence-electron chi connectivity index (χ1n) is 8.18. The minimum atomic E-state index is -0.710. The third kappa shape index (κ3) is 7.51. The molecule has 0 spiro atoms. The fourth-order valence-electron chi connectivity index (χ4n) is 2.88. The van der Waals surface area contributed by atoms with E-state index >= 15 is 0 Å². The molecule has 2 N–H and O–H groups in total. The van der Waals surface area contributed by atoms with Crippen LogP contribution in [0.4, 0.5) is 8.78 Å². The average Bonchev–Trinajstić information content (AvgIpc) is 2.61. The zero-order valence-corrected chi connectivity index (χ0v) is 15.0. The number of nitrogens with one attached hydrogen (secondary N) is 1. The number of carbonyl (C=O) groups excluding carboxylic acids is 1. The van der Waals surface area contributed by atoms with E-state index in [2.05, 4.69) is 0 Å². The molecule has 2 aromatic rings. The van der Waals surface area contributed by atoms with E-state index in [-0.39, 0.29) is 63.4 Å². The maximum atomic E-state index is 14.4. The predicted molar refractivity (Wildman–Crippen MR) is 101 cm³/mol. The molecule has 8 heteroatoms. The minimum absolute atomic E-state index is 0. The van der Waals surface area contributed by atoms with Gasteiger partial charge in [0, 0.05) is 23.6 Å². The van der Waals surface area contributed by atoms with Crippen LogP contribution < -0.4 is 5.48 Å². The Morgan fingerprint density at radius 1 is 1.22 bits per heavy atom. The topological polar surface area (TPSA) is 58.6 Å². The van der Waals surface area contributed by atoms with E-state index in [0.29, 0.717) is 18.1 Å². The summed E-state index contributed by atoms with van der Waals surface area (Å²) in [7, 11) is 0. The van der Waals surface area contributed by atoms with Crippen LogP contribution in [0.1, 0.15) is 30.4 Å². The van der Waals surface area contributed by atoms with Crippen molar-refractivity contribution in [3.8, 4) is 0 Å². The molecule has 0 aliphatic carbocycles. The van der Waals surface area contributed by atoms with E-state index in [4.69, 9.17) is 21.5 Å². The number of ether oxygens (including phenoxy) is 1. The molecule has 0 saturated heterocycles. The van der Waals surface area contributed by atoms with Crippen molar-refractivity contribution in [1.82, 2.24) is 5.48 Å². The van der Waals surface area contributed by atoms with E-state index < -0.39 is 29.6 Å². The summed E-state index contributed by atoms with van der Waals surface area (Å²) in [5.41, 5.74) is 2.66. The van der Waals surface area contributed by atoms with Crippen molar-refractivity contribution in [3.63, 3.8) is 0 Å². The van der Waals surface area contributed by atoms with Crippen LogP contribution in [0.3, 0.4) is 0 Å². The number of hydrogen-bond acceptors (Lipinski definition) is 3. The maximum absolute atomic E-state index is 14.4. The van der Waals surface area contributed by atoms with Gasteiger partial charge in [-0.25, -0.2) is 14.3 Å². The molecular weight excluding hydrogens is 403 g/mol. The fourth-order valence-corrected chi connectivity index (χ4v) is 3.00. The van der Waals surface area contributed by atoms with Crippen molar-refractivity contribution in [2.45, 2.75) is 31.8 Å². The second kappa shape index (κ2) is 12.2. The number of benzene rings is 2. The van der Waals surface area contributed by atoms with Gasteiger partial charge in [-0.05, 0) is 42.7 Å². The van der Waals surface area contributed by atoms with Crippen molar-refractivity contribution >= 4 is 68.9 Å². The van der Waals surface area contributed by atoms with Crippen LogP contribution >= 0.6 is 11.6 Å². The summed E-state index contributed by atoms with van der Waals surface area (Å²) >= 11 is 5.90. The summed E-state index contributed by atoms with van der Waals surface area (Å²) in [4.78, 5) is 11.7. The third-order valence-electron chi connectivity index (χ3n) is 4.07. The molecule has 0 aromatic heterocycles. The summed E-state index contributed by atoms with van der Waals surface area (Å²) < 4.78 is 33.4. The molecule has 1 amide bonds. The Morgan fingerprint density at radius 2 is 1.89 bits per heavy atom. The monoisotopic (exact) mass is 423 g/mol. The number of hydrogen-bond donors (Lipinski definition) is 2. The molecule has 0 aliphatic heterocycles. The van der Waals surface area contributed by atoms with Crippen molar-refractivity contribution in [2.75, 3.05) is 6.61 Å². The van der Waals surface area contributed by atoms with Crippen molar-refractivity contribution in [1.29, 1.82) is 0 Å². The second-order valence-corrected chi connectivity index (χ2v) is 6.27. The van der Waals surface area contributed by atoms with Crippen molar-refractivity contribution < 1.29 is 23.5 Å². The van der Waals surface area contributed by atoms with Gasteiger partial charge in [-0.2, -0.15) is 0 Å². The quantitative estimate of drug-likeness (QED) is 0.387.